The molecule has 80 valence electrons. The van der Waals surface area contributed by atoms with Gasteiger partial charge in [-0.15, -0.1) is 0 Å². The molecule has 0 amide bonds. The first kappa shape index (κ1) is 10.7. The molecule has 3 heteroatoms. The van der Waals surface area contributed by atoms with Gasteiger partial charge in [-0.05, 0) is 38.1 Å². The highest BCUT2D eigenvalue weighted by Crippen LogP contribution is 2.23. The summed E-state index contributed by atoms with van der Waals surface area (Å²) in [5.74, 6) is 0.341. The molecular formula is C12H14ClNO. The molecule has 1 heterocycles. The maximum atomic E-state index is 12.1. The Morgan fingerprint density at radius 2 is 1.93 bits per heavy atom. The predicted molar refractivity (Wildman–Crippen MR) is 61.4 cm³/mol. The van der Waals surface area contributed by atoms with E-state index in [-0.39, 0.29) is 11.7 Å². The molecule has 1 aromatic carbocycles. The Hall–Kier alpha value is -0.860. The van der Waals surface area contributed by atoms with Crippen LogP contribution in [0.25, 0.3) is 0 Å². The lowest BCUT2D eigenvalue weighted by Gasteiger charge is -2.21. The van der Waals surface area contributed by atoms with E-state index in [1.54, 1.807) is 6.07 Å². The van der Waals surface area contributed by atoms with E-state index in [4.69, 9.17) is 11.6 Å². The van der Waals surface area contributed by atoms with Crippen molar-refractivity contribution in [1.82, 2.24) is 5.32 Å². The zero-order valence-corrected chi connectivity index (χ0v) is 9.26. The molecule has 1 N–H and O–H groups in total. The van der Waals surface area contributed by atoms with E-state index in [0.29, 0.717) is 10.6 Å². The van der Waals surface area contributed by atoms with E-state index in [2.05, 4.69) is 5.32 Å². The van der Waals surface area contributed by atoms with Crippen LogP contribution in [0.4, 0.5) is 0 Å². The van der Waals surface area contributed by atoms with Crippen molar-refractivity contribution in [2.75, 3.05) is 13.1 Å². The first-order valence-electron chi connectivity index (χ1n) is 5.28. The van der Waals surface area contributed by atoms with E-state index < -0.39 is 0 Å². The van der Waals surface area contributed by atoms with Crippen LogP contribution in [0.1, 0.15) is 23.2 Å². The zero-order chi connectivity index (χ0) is 10.7. The molecule has 15 heavy (non-hydrogen) atoms. The summed E-state index contributed by atoms with van der Waals surface area (Å²) in [5, 5.41) is 3.82. The standard InChI is InChI=1S/C12H14ClNO/c13-11-4-2-1-3-10(11)12(15)9-5-7-14-8-6-9/h1-4,9,14H,5-8H2. The third-order valence-corrected chi connectivity index (χ3v) is 3.18. The lowest BCUT2D eigenvalue weighted by atomic mass is 9.90. The van der Waals surface area contributed by atoms with E-state index in [9.17, 15) is 4.79 Å². The highest BCUT2D eigenvalue weighted by molar-refractivity contribution is 6.34. The average molecular weight is 224 g/mol. The molecule has 0 atom stereocenters. The summed E-state index contributed by atoms with van der Waals surface area (Å²) in [6.45, 7) is 1.86. The fourth-order valence-corrected chi connectivity index (χ4v) is 2.19. The number of hydrogen-bond donors (Lipinski definition) is 1. The van der Waals surface area contributed by atoms with Crippen LogP contribution in [-0.4, -0.2) is 18.9 Å². The van der Waals surface area contributed by atoms with Gasteiger partial charge in [0.25, 0.3) is 0 Å². The smallest absolute Gasteiger partial charge is 0.167 e. The predicted octanol–water partition coefficient (Wildman–Crippen LogP) is 2.52. The van der Waals surface area contributed by atoms with Crippen LogP contribution in [-0.2, 0) is 0 Å². The Balaban J connectivity index is 2.16. The summed E-state index contributed by atoms with van der Waals surface area (Å²) in [7, 11) is 0. The number of hydrogen-bond acceptors (Lipinski definition) is 2. The molecule has 1 saturated heterocycles. The molecule has 1 aliphatic heterocycles. The number of halogens is 1. The Labute approximate surface area is 94.6 Å². The van der Waals surface area contributed by atoms with Crippen LogP contribution < -0.4 is 5.32 Å². The van der Waals surface area contributed by atoms with Crippen molar-refractivity contribution < 1.29 is 4.79 Å². The average Bonchev–Trinajstić information content (AvgIpc) is 2.30. The molecule has 0 saturated carbocycles. The lowest BCUT2D eigenvalue weighted by molar-refractivity contribution is 0.0895. The van der Waals surface area contributed by atoms with Gasteiger partial charge in [-0.2, -0.15) is 0 Å². The van der Waals surface area contributed by atoms with Gasteiger partial charge in [0.15, 0.2) is 5.78 Å². The minimum absolute atomic E-state index is 0.145. The molecule has 1 aromatic rings. The first-order valence-corrected chi connectivity index (χ1v) is 5.66. The molecule has 0 radical (unpaired) electrons. The fourth-order valence-electron chi connectivity index (χ4n) is 1.97. The monoisotopic (exact) mass is 223 g/mol. The van der Waals surface area contributed by atoms with Gasteiger partial charge in [0.2, 0.25) is 0 Å². The summed E-state index contributed by atoms with van der Waals surface area (Å²) in [5.41, 5.74) is 0.672. The van der Waals surface area contributed by atoms with Gasteiger partial charge in [0.05, 0.1) is 5.02 Å². The van der Waals surface area contributed by atoms with E-state index >= 15 is 0 Å². The van der Waals surface area contributed by atoms with Crippen molar-refractivity contribution in [2.45, 2.75) is 12.8 Å². The Morgan fingerprint density at radius 1 is 1.27 bits per heavy atom. The molecule has 2 nitrogen and oxygen atoms in total. The Morgan fingerprint density at radius 3 is 2.60 bits per heavy atom. The molecular weight excluding hydrogens is 210 g/mol. The number of Topliss-reactive ketones (excluding diaryl/α,β-unsaturated/α-hetero) is 1. The highest BCUT2D eigenvalue weighted by Gasteiger charge is 2.23. The topological polar surface area (TPSA) is 29.1 Å². The molecule has 0 aliphatic carbocycles. The second-order valence-corrected chi connectivity index (χ2v) is 4.28. The second kappa shape index (κ2) is 4.77. The number of nitrogens with one attached hydrogen (secondary N) is 1. The summed E-state index contributed by atoms with van der Waals surface area (Å²) >= 11 is 6.00. The van der Waals surface area contributed by atoms with E-state index in [1.807, 2.05) is 18.2 Å². The van der Waals surface area contributed by atoms with E-state index in [0.717, 1.165) is 25.9 Å². The van der Waals surface area contributed by atoms with Crippen LogP contribution >= 0.6 is 11.6 Å². The van der Waals surface area contributed by atoms with Crippen molar-refractivity contribution in [3.63, 3.8) is 0 Å². The van der Waals surface area contributed by atoms with Crippen molar-refractivity contribution in [2.24, 2.45) is 5.92 Å². The number of rotatable bonds is 2. The molecule has 1 fully saturated rings. The molecule has 0 aromatic heterocycles. The minimum Gasteiger partial charge on any atom is -0.317 e. The third kappa shape index (κ3) is 2.39. The largest absolute Gasteiger partial charge is 0.317 e. The summed E-state index contributed by atoms with van der Waals surface area (Å²) in [6.07, 6.45) is 1.84. The maximum Gasteiger partial charge on any atom is 0.167 e. The van der Waals surface area contributed by atoms with Crippen LogP contribution in [0, 0.1) is 5.92 Å². The van der Waals surface area contributed by atoms with Crippen molar-refractivity contribution in [3.8, 4) is 0 Å². The summed E-state index contributed by atoms with van der Waals surface area (Å²) in [4.78, 5) is 12.1. The van der Waals surface area contributed by atoms with Crippen molar-refractivity contribution in [1.29, 1.82) is 0 Å². The normalized spacial score (nSPS) is 17.7. The molecule has 1 aliphatic rings. The summed E-state index contributed by atoms with van der Waals surface area (Å²) < 4.78 is 0. The number of ketones is 1. The number of benzene rings is 1. The molecule has 0 bridgehead atoms. The Kier molecular flexibility index (Phi) is 3.39. The number of piperidine rings is 1. The van der Waals surface area contributed by atoms with Gasteiger partial charge in [-0.25, -0.2) is 0 Å². The van der Waals surface area contributed by atoms with Crippen molar-refractivity contribution in [3.05, 3.63) is 34.9 Å². The first-order chi connectivity index (χ1) is 7.29. The van der Waals surface area contributed by atoms with Crippen LogP contribution in [0.2, 0.25) is 5.02 Å². The van der Waals surface area contributed by atoms with Crippen LogP contribution in [0.3, 0.4) is 0 Å². The highest BCUT2D eigenvalue weighted by atomic mass is 35.5. The zero-order valence-electron chi connectivity index (χ0n) is 8.50. The van der Waals surface area contributed by atoms with Crippen LogP contribution in [0.5, 0.6) is 0 Å². The number of carbonyl (C=O) groups excluding carboxylic acids is 1. The van der Waals surface area contributed by atoms with Gasteiger partial charge in [-0.1, -0.05) is 23.7 Å². The van der Waals surface area contributed by atoms with Gasteiger partial charge in [-0.3, -0.25) is 4.79 Å². The van der Waals surface area contributed by atoms with Crippen molar-refractivity contribution >= 4 is 17.4 Å². The fraction of sp³-hybridized carbons (Fsp3) is 0.417. The Bertz CT molecular complexity index is 358. The molecule has 2 rings (SSSR count). The molecule has 0 spiro atoms. The third-order valence-electron chi connectivity index (χ3n) is 2.85. The van der Waals surface area contributed by atoms with Gasteiger partial charge in [0, 0.05) is 11.5 Å². The SMILES string of the molecule is O=C(c1ccccc1Cl)C1CCNCC1. The van der Waals surface area contributed by atoms with Gasteiger partial charge in [0.1, 0.15) is 0 Å². The lowest BCUT2D eigenvalue weighted by Crippen LogP contribution is -2.31. The second-order valence-electron chi connectivity index (χ2n) is 3.87. The quantitative estimate of drug-likeness (QED) is 0.781. The maximum absolute atomic E-state index is 12.1. The molecule has 0 unspecified atom stereocenters. The summed E-state index contributed by atoms with van der Waals surface area (Å²) in [6, 6.07) is 7.30. The minimum atomic E-state index is 0.145. The van der Waals surface area contributed by atoms with Gasteiger partial charge >= 0.3 is 0 Å². The van der Waals surface area contributed by atoms with Gasteiger partial charge < -0.3 is 5.32 Å². The number of carbonyl (C=O) groups is 1. The van der Waals surface area contributed by atoms with Crippen LogP contribution in [0.15, 0.2) is 24.3 Å². The van der Waals surface area contributed by atoms with E-state index in [1.165, 1.54) is 0 Å².